The van der Waals surface area contributed by atoms with E-state index >= 15 is 0 Å². The van der Waals surface area contributed by atoms with Gasteiger partial charge < -0.3 is 5.32 Å². The van der Waals surface area contributed by atoms with Crippen molar-refractivity contribution in [2.75, 3.05) is 11.9 Å². The number of fused-ring (bicyclic) bond motifs is 2. The zero-order valence-corrected chi connectivity index (χ0v) is 17.7. The predicted molar refractivity (Wildman–Crippen MR) is 127 cm³/mol. The predicted octanol–water partition coefficient (Wildman–Crippen LogP) is 7.47. The summed E-state index contributed by atoms with van der Waals surface area (Å²) >= 11 is 0. The van der Waals surface area contributed by atoms with Crippen LogP contribution in [0.2, 0.25) is 0 Å². The topological polar surface area (TPSA) is 24.9 Å². The van der Waals surface area contributed by atoms with Crippen molar-refractivity contribution in [1.82, 2.24) is 4.98 Å². The molecule has 0 radical (unpaired) electrons. The van der Waals surface area contributed by atoms with Gasteiger partial charge in [0.2, 0.25) is 0 Å². The van der Waals surface area contributed by atoms with Crippen LogP contribution in [0.5, 0.6) is 0 Å². The largest absolute Gasteiger partial charge is 0.370 e. The molecule has 0 spiro atoms. The van der Waals surface area contributed by atoms with Crippen LogP contribution in [-0.2, 0) is 6.42 Å². The van der Waals surface area contributed by atoms with E-state index in [2.05, 4.69) is 92.8 Å². The molecule has 0 aliphatic rings. The lowest BCUT2D eigenvalue weighted by Gasteiger charge is -2.14. The van der Waals surface area contributed by atoms with E-state index in [0.717, 1.165) is 24.5 Å². The summed E-state index contributed by atoms with van der Waals surface area (Å²) in [6, 6.07) is 24.2. The van der Waals surface area contributed by atoms with E-state index in [1.807, 2.05) is 0 Å². The van der Waals surface area contributed by atoms with Crippen LogP contribution in [0, 0.1) is 5.92 Å². The quantitative estimate of drug-likeness (QED) is 0.335. The second kappa shape index (κ2) is 8.65. The van der Waals surface area contributed by atoms with E-state index in [-0.39, 0.29) is 0 Å². The standard InChI is InChI=1S/C27H30N2/c1-4-5-9-20-14-15-24-22(16-20)17-21-10-6-7-11-23(21)27(24)25-12-8-13-26(29-25)28-18-19(2)3/h6-8,10-17,19H,4-5,9,18H2,1-3H3,(H,28,29). The van der Waals surface area contributed by atoms with Crippen LogP contribution in [-0.4, -0.2) is 11.5 Å². The Morgan fingerprint density at radius 2 is 1.69 bits per heavy atom. The number of nitrogens with zero attached hydrogens (tertiary/aromatic N) is 1. The van der Waals surface area contributed by atoms with Crippen molar-refractivity contribution >= 4 is 27.4 Å². The van der Waals surface area contributed by atoms with E-state index in [4.69, 9.17) is 4.98 Å². The van der Waals surface area contributed by atoms with Crippen LogP contribution in [0.25, 0.3) is 32.8 Å². The third kappa shape index (κ3) is 4.27. The zero-order valence-electron chi connectivity index (χ0n) is 17.7. The third-order valence-electron chi connectivity index (χ3n) is 5.44. The summed E-state index contributed by atoms with van der Waals surface area (Å²) in [6.45, 7) is 7.60. The molecule has 29 heavy (non-hydrogen) atoms. The lowest BCUT2D eigenvalue weighted by Crippen LogP contribution is -2.09. The number of pyridine rings is 1. The summed E-state index contributed by atoms with van der Waals surface area (Å²) in [6.07, 6.45) is 3.60. The second-order valence-electron chi connectivity index (χ2n) is 8.31. The van der Waals surface area contributed by atoms with Gasteiger partial charge in [-0.1, -0.05) is 75.7 Å². The van der Waals surface area contributed by atoms with Crippen LogP contribution < -0.4 is 5.32 Å². The van der Waals surface area contributed by atoms with Gasteiger partial charge in [0.25, 0.3) is 0 Å². The SMILES string of the molecule is CCCCc1ccc2c(-c3cccc(NCC(C)C)n3)c3ccccc3cc2c1. The summed E-state index contributed by atoms with van der Waals surface area (Å²) in [5.41, 5.74) is 3.68. The number of unbranched alkanes of at least 4 members (excludes halogenated alkanes) is 1. The number of hydrogen-bond donors (Lipinski definition) is 1. The molecule has 148 valence electrons. The molecular weight excluding hydrogens is 352 g/mol. The van der Waals surface area contributed by atoms with Crippen molar-refractivity contribution in [3.05, 3.63) is 72.3 Å². The highest BCUT2D eigenvalue weighted by Crippen LogP contribution is 2.36. The summed E-state index contributed by atoms with van der Waals surface area (Å²) in [7, 11) is 0. The Hall–Kier alpha value is -2.87. The molecule has 0 saturated carbocycles. The van der Waals surface area contributed by atoms with Gasteiger partial charge in [-0.05, 0) is 64.1 Å². The fourth-order valence-corrected chi connectivity index (χ4v) is 3.92. The van der Waals surface area contributed by atoms with Gasteiger partial charge in [-0.2, -0.15) is 0 Å². The lowest BCUT2D eigenvalue weighted by atomic mass is 9.93. The third-order valence-corrected chi connectivity index (χ3v) is 5.44. The maximum absolute atomic E-state index is 4.98. The number of anilines is 1. The van der Waals surface area contributed by atoms with Crippen molar-refractivity contribution in [3.63, 3.8) is 0 Å². The monoisotopic (exact) mass is 382 g/mol. The fourth-order valence-electron chi connectivity index (χ4n) is 3.92. The number of rotatable bonds is 7. The van der Waals surface area contributed by atoms with Gasteiger partial charge in [-0.3, -0.25) is 0 Å². The number of aryl methyl sites for hydroxylation is 1. The first-order valence-corrected chi connectivity index (χ1v) is 10.8. The fraction of sp³-hybridized carbons (Fsp3) is 0.296. The molecule has 1 aromatic heterocycles. The highest BCUT2D eigenvalue weighted by Gasteiger charge is 2.12. The Labute approximate surface area is 174 Å². The Kier molecular flexibility index (Phi) is 5.80. The summed E-state index contributed by atoms with van der Waals surface area (Å²) in [5.74, 6) is 1.53. The molecule has 0 saturated heterocycles. The zero-order chi connectivity index (χ0) is 20.2. The van der Waals surface area contributed by atoms with E-state index in [1.165, 1.54) is 45.5 Å². The molecule has 0 amide bonds. The summed E-state index contributed by atoms with van der Waals surface area (Å²) in [4.78, 5) is 4.98. The minimum absolute atomic E-state index is 0.584. The Bertz CT molecular complexity index is 1130. The number of hydrogen-bond acceptors (Lipinski definition) is 2. The van der Waals surface area contributed by atoms with Crippen molar-refractivity contribution in [2.24, 2.45) is 5.92 Å². The van der Waals surface area contributed by atoms with E-state index in [1.54, 1.807) is 0 Å². The molecule has 0 unspecified atom stereocenters. The maximum Gasteiger partial charge on any atom is 0.126 e. The molecule has 0 fully saturated rings. The molecule has 1 heterocycles. The Morgan fingerprint density at radius 1 is 0.862 bits per heavy atom. The molecule has 4 rings (SSSR count). The van der Waals surface area contributed by atoms with Gasteiger partial charge >= 0.3 is 0 Å². The van der Waals surface area contributed by atoms with Crippen LogP contribution in [0.4, 0.5) is 5.82 Å². The van der Waals surface area contributed by atoms with Crippen molar-refractivity contribution in [1.29, 1.82) is 0 Å². The van der Waals surface area contributed by atoms with Gasteiger partial charge in [0.15, 0.2) is 0 Å². The van der Waals surface area contributed by atoms with E-state index < -0.39 is 0 Å². The number of nitrogens with one attached hydrogen (secondary N) is 1. The first-order valence-electron chi connectivity index (χ1n) is 10.8. The highest BCUT2D eigenvalue weighted by molar-refractivity contribution is 6.12. The maximum atomic E-state index is 4.98. The highest BCUT2D eigenvalue weighted by atomic mass is 15.0. The van der Waals surface area contributed by atoms with Gasteiger partial charge in [-0.25, -0.2) is 4.98 Å². The average Bonchev–Trinajstić information content (AvgIpc) is 2.74. The molecule has 0 aliphatic heterocycles. The minimum Gasteiger partial charge on any atom is -0.370 e. The molecular formula is C27H30N2. The van der Waals surface area contributed by atoms with Crippen LogP contribution in [0.15, 0.2) is 66.7 Å². The smallest absolute Gasteiger partial charge is 0.126 e. The van der Waals surface area contributed by atoms with Crippen molar-refractivity contribution in [2.45, 2.75) is 40.0 Å². The molecule has 3 aromatic carbocycles. The Morgan fingerprint density at radius 3 is 2.52 bits per heavy atom. The molecule has 0 aliphatic carbocycles. The summed E-state index contributed by atoms with van der Waals surface area (Å²) in [5, 5.41) is 8.58. The van der Waals surface area contributed by atoms with Gasteiger partial charge in [0, 0.05) is 12.1 Å². The number of aromatic nitrogens is 1. The van der Waals surface area contributed by atoms with Gasteiger partial charge in [-0.15, -0.1) is 0 Å². The summed E-state index contributed by atoms with van der Waals surface area (Å²) < 4.78 is 0. The normalized spacial score (nSPS) is 11.4. The molecule has 2 heteroatoms. The second-order valence-corrected chi connectivity index (χ2v) is 8.31. The molecule has 0 bridgehead atoms. The molecule has 4 aromatic rings. The minimum atomic E-state index is 0.584. The lowest BCUT2D eigenvalue weighted by molar-refractivity contribution is 0.687. The number of benzene rings is 3. The molecule has 0 atom stereocenters. The van der Waals surface area contributed by atoms with Crippen molar-refractivity contribution < 1.29 is 0 Å². The van der Waals surface area contributed by atoms with Gasteiger partial charge in [0.1, 0.15) is 5.82 Å². The molecule has 1 N–H and O–H groups in total. The van der Waals surface area contributed by atoms with E-state index in [0.29, 0.717) is 5.92 Å². The first kappa shape index (κ1) is 19.4. The van der Waals surface area contributed by atoms with E-state index in [9.17, 15) is 0 Å². The molecule has 2 nitrogen and oxygen atoms in total. The van der Waals surface area contributed by atoms with Gasteiger partial charge in [0.05, 0.1) is 5.69 Å². The average molecular weight is 383 g/mol. The van der Waals surface area contributed by atoms with Crippen LogP contribution in [0.1, 0.15) is 39.2 Å². The van der Waals surface area contributed by atoms with Crippen molar-refractivity contribution in [3.8, 4) is 11.3 Å². The first-order chi connectivity index (χ1) is 14.2. The van der Waals surface area contributed by atoms with Crippen LogP contribution >= 0.6 is 0 Å². The Balaban J connectivity index is 1.88. The van der Waals surface area contributed by atoms with Crippen LogP contribution in [0.3, 0.4) is 0 Å².